The summed E-state index contributed by atoms with van der Waals surface area (Å²) in [6, 6.07) is 4.23. The molecule has 2 N–H and O–H groups in total. The van der Waals surface area contributed by atoms with Crippen molar-refractivity contribution in [1.82, 2.24) is 0 Å². The highest BCUT2D eigenvalue weighted by atomic mass is 35.5. The molecule has 0 atom stereocenters. The standard InChI is InChI=1S/C15H23NO2.ClH/c1-14(2,16)8-10-6-11-9-15(3,4)18-13(11)12(7-10)17-5;/h6-7H,8-9,16H2,1-5H3;1H. The molecule has 1 heterocycles. The average Bonchev–Trinajstić information content (AvgIpc) is 2.48. The van der Waals surface area contributed by atoms with E-state index in [1.807, 2.05) is 19.9 Å². The van der Waals surface area contributed by atoms with Crippen molar-refractivity contribution in [3.8, 4) is 11.5 Å². The van der Waals surface area contributed by atoms with E-state index < -0.39 is 0 Å². The zero-order valence-corrected chi connectivity index (χ0v) is 13.2. The number of benzene rings is 1. The average molecular weight is 286 g/mol. The lowest BCUT2D eigenvalue weighted by atomic mass is 9.93. The van der Waals surface area contributed by atoms with Crippen molar-refractivity contribution in [3.05, 3.63) is 23.3 Å². The summed E-state index contributed by atoms with van der Waals surface area (Å²) in [5.74, 6) is 1.71. The largest absolute Gasteiger partial charge is 0.493 e. The van der Waals surface area contributed by atoms with Crippen molar-refractivity contribution in [3.63, 3.8) is 0 Å². The minimum atomic E-state index is -0.214. The molecule has 0 radical (unpaired) electrons. The Morgan fingerprint density at radius 1 is 1.37 bits per heavy atom. The minimum absolute atomic E-state index is 0. The quantitative estimate of drug-likeness (QED) is 0.928. The maximum Gasteiger partial charge on any atom is 0.165 e. The first-order valence-electron chi connectivity index (χ1n) is 6.38. The van der Waals surface area contributed by atoms with Gasteiger partial charge in [0, 0.05) is 17.5 Å². The molecule has 1 aromatic rings. The summed E-state index contributed by atoms with van der Waals surface area (Å²) < 4.78 is 11.4. The molecule has 0 aromatic heterocycles. The van der Waals surface area contributed by atoms with Crippen molar-refractivity contribution in [2.75, 3.05) is 7.11 Å². The lowest BCUT2D eigenvalue weighted by Crippen LogP contribution is -2.34. The Labute approximate surface area is 121 Å². The van der Waals surface area contributed by atoms with Gasteiger partial charge < -0.3 is 15.2 Å². The minimum Gasteiger partial charge on any atom is -0.493 e. The van der Waals surface area contributed by atoms with Gasteiger partial charge in [0.1, 0.15) is 5.60 Å². The van der Waals surface area contributed by atoms with Gasteiger partial charge in [-0.25, -0.2) is 0 Å². The predicted octanol–water partition coefficient (Wildman–Crippen LogP) is 3.11. The molecule has 0 bridgehead atoms. The normalized spacial score (nSPS) is 16.3. The molecule has 108 valence electrons. The van der Waals surface area contributed by atoms with Crippen LogP contribution in [-0.2, 0) is 12.8 Å². The van der Waals surface area contributed by atoms with E-state index in [4.69, 9.17) is 15.2 Å². The van der Waals surface area contributed by atoms with Gasteiger partial charge in [-0.1, -0.05) is 6.07 Å². The molecule has 0 fully saturated rings. The summed E-state index contributed by atoms with van der Waals surface area (Å²) in [5.41, 5.74) is 8.15. The number of halogens is 1. The lowest BCUT2D eigenvalue weighted by molar-refractivity contribution is 0.134. The second kappa shape index (κ2) is 5.22. The van der Waals surface area contributed by atoms with Crippen LogP contribution in [0, 0.1) is 0 Å². The fourth-order valence-corrected chi connectivity index (χ4v) is 2.52. The van der Waals surface area contributed by atoms with Gasteiger partial charge >= 0.3 is 0 Å². The Hall–Kier alpha value is -0.930. The summed E-state index contributed by atoms with van der Waals surface area (Å²) in [6.45, 7) is 8.26. The van der Waals surface area contributed by atoms with Crippen LogP contribution in [0.3, 0.4) is 0 Å². The number of nitrogens with two attached hydrogens (primary N) is 1. The molecule has 0 amide bonds. The zero-order valence-electron chi connectivity index (χ0n) is 12.4. The van der Waals surface area contributed by atoms with Crippen LogP contribution in [0.25, 0.3) is 0 Å². The first-order valence-corrected chi connectivity index (χ1v) is 6.38. The van der Waals surface area contributed by atoms with E-state index in [1.54, 1.807) is 7.11 Å². The number of ether oxygens (including phenoxy) is 2. The third-order valence-electron chi connectivity index (χ3n) is 3.07. The smallest absolute Gasteiger partial charge is 0.165 e. The molecule has 0 aliphatic carbocycles. The summed E-state index contributed by atoms with van der Waals surface area (Å²) in [6.07, 6.45) is 1.74. The van der Waals surface area contributed by atoms with Crippen molar-refractivity contribution in [2.45, 2.75) is 51.7 Å². The van der Waals surface area contributed by atoms with Gasteiger partial charge in [0.25, 0.3) is 0 Å². The van der Waals surface area contributed by atoms with Gasteiger partial charge in [-0.15, -0.1) is 12.4 Å². The van der Waals surface area contributed by atoms with Crippen molar-refractivity contribution in [1.29, 1.82) is 0 Å². The number of fused-ring (bicyclic) bond motifs is 1. The highest BCUT2D eigenvalue weighted by molar-refractivity contribution is 5.85. The molecular formula is C15H24ClNO2. The maximum atomic E-state index is 6.09. The van der Waals surface area contributed by atoms with Crippen LogP contribution >= 0.6 is 12.4 Å². The first-order chi connectivity index (χ1) is 8.20. The third-order valence-corrected chi connectivity index (χ3v) is 3.07. The van der Waals surface area contributed by atoms with Gasteiger partial charge in [-0.3, -0.25) is 0 Å². The fraction of sp³-hybridized carbons (Fsp3) is 0.600. The van der Waals surface area contributed by atoms with E-state index in [-0.39, 0.29) is 23.5 Å². The molecule has 4 heteroatoms. The molecule has 19 heavy (non-hydrogen) atoms. The highest BCUT2D eigenvalue weighted by Crippen LogP contribution is 2.42. The number of rotatable bonds is 3. The molecule has 1 aromatic carbocycles. The topological polar surface area (TPSA) is 44.5 Å². The molecular weight excluding hydrogens is 262 g/mol. The predicted molar refractivity (Wildman–Crippen MR) is 80.6 cm³/mol. The number of methoxy groups -OCH3 is 1. The van der Waals surface area contributed by atoms with E-state index in [9.17, 15) is 0 Å². The Kier molecular flexibility index (Phi) is 4.43. The lowest BCUT2D eigenvalue weighted by Gasteiger charge is -2.20. The summed E-state index contributed by atoms with van der Waals surface area (Å²) in [7, 11) is 1.68. The highest BCUT2D eigenvalue weighted by Gasteiger charge is 2.33. The van der Waals surface area contributed by atoms with Gasteiger partial charge in [-0.05, 0) is 45.7 Å². The molecule has 1 aliphatic heterocycles. The van der Waals surface area contributed by atoms with Gasteiger partial charge in [0.05, 0.1) is 7.11 Å². The fourth-order valence-electron chi connectivity index (χ4n) is 2.52. The summed E-state index contributed by atoms with van der Waals surface area (Å²) in [5, 5.41) is 0. The van der Waals surface area contributed by atoms with Gasteiger partial charge in [0.15, 0.2) is 11.5 Å². The Balaban J connectivity index is 0.00000180. The van der Waals surface area contributed by atoms with Crippen molar-refractivity contribution < 1.29 is 9.47 Å². The zero-order chi connectivity index (χ0) is 13.6. The Morgan fingerprint density at radius 3 is 2.53 bits per heavy atom. The first kappa shape index (κ1) is 16.1. The van der Waals surface area contributed by atoms with Crippen LogP contribution in [0.1, 0.15) is 38.8 Å². The van der Waals surface area contributed by atoms with Crippen LogP contribution in [0.4, 0.5) is 0 Å². The molecule has 2 rings (SSSR count). The molecule has 1 aliphatic rings. The Morgan fingerprint density at radius 2 is 2.00 bits per heavy atom. The number of hydrogen-bond donors (Lipinski definition) is 1. The van der Waals surface area contributed by atoms with E-state index >= 15 is 0 Å². The van der Waals surface area contributed by atoms with Crippen molar-refractivity contribution in [2.24, 2.45) is 5.73 Å². The van der Waals surface area contributed by atoms with E-state index in [0.717, 1.165) is 24.3 Å². The monoisotopic (exact) mass is 285 g/mol. The maximum absolute atomic E-state index is 6.09. The van der Waals surface area contributed by atoms with Crippen LogP contribution in [0.5, 0.6) is 11.5 Å². The van der Waals surface area contributed by atoms with E-state index in [2.05, 4.69) is 19.9 Å². The van der Waals surface area contributed by atoms with Crippen molar-refractivity contribution >= 4 is 12.4 Å². The third kappa shape index (κ3) is 3.77. The van der Waals surface area contributed by atoms with E-state index in [0.29, 0.717) is 0 Å². The van der Waals surface area contributed by atoms with Crippen LogP contribution < -0.4 is 15.2 Å². The summed E-state index contributed by atoms with van der Waals surface area (Å²) in [4.78, 5) is 0. The second-order valence-electron chi connectivity index (χ2n) is 6.49. The molecule has 0 saturated heterocycles. The van der Waals surface area contributed by atoms with Crippen LogP contribution in [-0.4, -0.2) is 18.2 Å². The SMILES string of the molecule is COc1cc(CC(C)(C)N)cc2c1OC(C)(C)C2.Cl. The Bertz CT molecular complexity index is 464. The van der Waals surface area contributed by atoms with Crippen LogP contribution in [0.2, 0.25) is 0 Å². The van der Waals surface area contributed by atoms with Crippen LogP contribution in [0.15, 0.2) is 12.1 Å². The van der Waals surface area contributed by atoms with Gasteiger partial charge in [0.2, 0.25) is 0 Å². The number of hydrogen-bond acceptors (Lipinski definition) is 3. The van der Waals surface area contributed by atoms with E-state index in [1.165, 1.54) is 11.1 Å². The molecule has 0 saturated carbocycles. The molecule has 0 spiro atoms. The molecule has 0 unspecified atom stereocenters. The molecule has 3 nitrogen and oxygen atoms in total. The summed E-state index contributed by atoms with van der Waals surface area (Å²) >= 11 is 0. The van der Waals surface area contributed by atoms with Gasteiger partial charge in [-0.2, -0.15) is 0 Å². The second-order valence-corrected chi connectivity index (χ2v) is 6.49.